The highest BCUT2D eigenvalue weighted by atomic mass is 16.4. The van der Waals surface area contributed by atoms with E-state index in [2.05, 4.69) is 0 Å². The summed E-state index contributed by atoms with van der Waals surface area (Å²) in [6.07, 6.45) is 4.26. The number of nitrogens with two attached hydrogens (primary N) is 1. The average Bonchev–Trinajstić information content (AvgIpc) is 2.04. The minimum atomic E-state index is -0.711. The second kappa shape index (κ2) is 3.90. The molecule has 12 heavy (non-hydrogen) atoms. The van der Waals surface area contributed by atoms with E-state index in [0.29, 0.717) is 0 Å². The zero-order valence-electron chi connectivity index (χ0n) is 7.49. The summed E-state index contributed by atoms with van der Waals surface area (Å²) in [5.41, 5.74) is 5.85. The molecule has 3 atom stereocenters. The third-order valence-electron chi connectivity index (χ3n) is 2.91. The molecular weight excluding hydrogens is 154 g/mol. The number of hydrogen-bond donors (Lipinski definition) is 2. The van der Waals surface area contributed by atoms with E-state index in [9.17, 15) is 4.79 Å². The number of carbonyl (C=O) groups is 1. The zero-order chi connectivity index (χ0) is 9.14. The fourth-order valence-corrected chi connectivity index (χ4v) is 1.99. The van der Waals surface area contributed by atoms with Crippen molar-refractivity contribution in [1.82, 2.24) is 0 Å². The first kappa shape index (κ1) is 9.52. The van der Waals surface area contributed by atoms with Crippen molar-refractivity contribution in [1.29, 1.82) is 0 Å². The minimum Gasteiger partial charge on any atom is -0.481 e. The largest absolute Gasteiger partial charge is 0.481 e. The topological polar surface area (TPSA) is 63.3 Å². The molecular formula is C9H17NO2. The summed E-state index contributed by atoms with van der Waals surface area (Å²) in [7, 11) is 0. The van der Waals surface area contributed by atoms with Crippen LogP contribution in [0.3, 0.4) is 0 Å². The van der Waals surface area contributed by atoms with Crippen LogP contribution in [0.25, 0.3) is 0 Å². The maximum absolute atomic E-state index is 10.7. The summed E-state index contributed by atoms with van der Waals surface area (Å²) in [6.45, 7) is 1.76. The van der Waals surface area contributed by atoms with Crippen LogP contribution in [-0.4, -0.2) is 17.1 Å². The first-order valence-electron chi connectivity index (χ1n) is 4.61. The van der Waals surface area contributed by atoms with Crippen LogP contribution in [0.4, 0.5) is 0 Å². The lowest BCUT2D eigenvalue weighted by molar-refractivity contribution is -0.143. The molecule has 70 valence electrons. The highest BCUT2D eigenvalue weighted by Crippen LogP contribution is 2.29. The maximum Gasteiger partial charge on any atom is 0.306 e. The number of carboxylic acids is 1. The van der Waals surface area contributed by atoms with Gasteiger partial charge in [-0.3, -0.25) is 4.79 Å². The van der Waals surface area contributed by atoms with Crippen molar-refractivity contribution >= 4 is 5.97 Å². The normalized spacial score (nSPS) is 32.8. The van der Waals surface area contributed by atoms with Gasteiger partial charge in [0.05, 0.1) is 5.92 Å². The van der Waals surface area contributed by atoms with Gasteiger partial charge in [-0.2, -0.15) is 0 Å². The Labute approximate surface area is 72.9 Å². The molecule has 0 amide bonds. The fourth-order valence-electron chi connectivity index (χ4n) is 1.99. The van der Waals surface area contributed by atoms with Crippen LogP contribution >= 0.6 is 0 Å². The van der Waals surface area contributed by atoms with E-state index < -0.39 is 5.97 Å². The summed E-state index contributed by atoms with van der Waals surface area (Å²) in [5.74, 6) is -0.797. The van der Waals surface area contributed by atoms with E-state index in [4.69, 9.17) is 10.8 Å². The van der Waals surface area contributed by atoms with Gasteiger partial charge in [-0.25, -0.2) is 0 Å². The van der Waals surface area contributed by atoms with Crippen LogP contribution in [0.15, 0.2) is 0 Å². The Bertz CT molecular complexity index is 170. The molecule has 0 heterocycles. The van der Waals surface area contributed by atoms with E-state index in [0.717, 1.165) is 25.7 Å². The quantitative estimate of drug-likeness (QED) is 0.656. The summed E-state index contributed by atoms with van der Waals surface area (Å²) < 4.78 is 0. The van der Waals surface area contributed by atoms with Gasteiger partial charge in [-0.15, -0.1) is 0 Å². The van der Waals surface area contributed by atoms with Crippen LogP contribution in [-0.2, 0) is 4.79 Å². The van der Waals surface area contributed by atoms with Crippen LogP contribution in [0.5, 0.6) is 0 Å². The first-order valence-corrected chi connectivity index (χ1v) is 4.61. The van der Waals surface area contributed by atoms with E-state index >= 15 is 0 Å². The zero-order valence-corrected chi connectivity index (χ0v) is 7.49. The number of carboxylic acid groups (broad SMARTS) is 1. The molecule has 1 fully saturated rings. The van der Waals surface area contributed by atoms with Gasteiger partial charge in [0.15, 0.2) is 0 Å². The molecule has 0 saturated heterocycles. The fraction of sp³-hybridized carbons (Fsp3) is 0.889. The van der Waals surface area contributed by atoms with Gasteiger partial charge in [-0.05, 0) is 18.8 Å². The van der Waals surface area contributed by atoms with Crippen molar-refractivity contribution in [2.24, 2.45) is 17.6 Å². The molecule has 1 rings (SSSR count). The lowest BCUT2D eigenvalue weighted by Gasteiger charge is -2.31. The Balaban J connectivity index is 2.53. The van der Waals surface area contributed by atoms with Crippen LogP contribution in [0, 0.1) is 11.8 Å². The molecule has 3 heteroatoms. The first-order chi connectivity index (χ1) is 5.63. The summed E-state index contributed by atoms with van der Waals surface area (Å²) >= 11 is 0. The molecule has 0 radical (unpaired) electrons. The molecule has 0 aliphatic heterocycles. The highest BCUT2D eigenvalue weighted by molar-refractivity contribution is 5.70. The van der Waals surface area contributed by atoms with Gasteiger partial charge in [0.1, 0.15) is 0 Å². The van der Waals surface area contributed by atoms with Crippen molar-refractivity contribution in [3.63, 3.8) is 0 Å². The highest BCUT2D eigenvalue weighted by Gasteiger charge is 2.30. The van der Waals surface area contributed by atoms with Crippen LogP contribution < -0.4 is 5.73 Å². The van der Waals surface area contributed by atoms with E-state index in [1.165, 1.54) is 0 Å². The Kier molecular flexibility index (Phi) is 3.09. The van der Waals surface area contributed by atoms with Gasteiger partial charge in [-0.1, -0.05) is 19.8 Å². The van der Waals surface area contributed by atoms with Crippen molar-refractivity contribution in [2.75, 3.05) is 0 Å². The Morgan fingerprint density at radius 1 is 1.50 bits per heavy atom. The lowest BCUT2D eigenvalue weighted by Crippen LogP contribution is -2.39. The van der Waals surface area contributed by atoms with E-state index in [1.54, 1.807) is 6.92 Å². The molecule has 0 aromatic heterocycles. The molecule has 1 aliphatic carbocycles. The van der Waals surface area contributed by atoms with Gasteiger partial charge >= 0.3 is 5.97 Å². The molecule has 3 nitrogen and oxygen atoms in total. The third-order valence-corrected chi connectivity index (χ3v) is 2.91. The Hall–Kier alpha value is -0.570. The molecule has 1 unspecified atom stereocenters. The smallest absolute Gasteiger partial charge is 0.306 e. The van der Waals surface area contributed by atoms with Crippen molar-refractivity contribution < 1.29 is 9.90 Å². The van der Waals surface area contributed by atoms with Gasteiger partial charge in [0.25, 0.3) is 0 Å². The molecule has 3 N–H and O–H groups in total. The monoisotopic (exact) mass is 171 g/mol. The number of hydrogen-bond acceptors (Lipinski definition) is 2. The minimum absolute atomic E-state index is 0.102. The third kappa shape index (κ3) is 1.97. The summed E-state index contributed by atoms with van der Waals surface area (Å²) in [6, 6.07) is 0.102. The molecule has 0 bridgehead atoms. The standard InChI is InChI=1S/C9H17NO2/c1-6(9(11)12)7-4-2-3-5-8(7)10/h6-8H,2-5,10H2,1H3,(H,11,12)/t6?,7-,8+/m1/s1. The molecule has 0 spiro atoms. The summed E-state index contributed by atoms with van der Waals surface area (Å²) in [5, 5.41) is 8.80. The average molecular weight is 171 g/mol. The van der Waals surface area contributed by atoms with Gasteiger partial charge in [0.2, 0.25) is 0 Å². The maximum atomic E-state index is 10.7. The predicted molar refractivity (Wildman–Crippen MR) is 46.7 cm³/mol. The van der Waals surface area contributed by atoms with Gasteiger partial charge in [0, 0.05) is 6.04 Å². The van der Waals surface area contributed by atoms with E-state index in [-0.39, 0.29) is 17.9 Å². The number of aliphatic carboxylic acids is 1. The molecule has 0 aromatic rings. The molecule has 0 aromatic carbocycles. The van der Waals surface area contributed by atoms with Crippen molar-refractivity contribution in [3.8, 4) is 0 Å². The number of rotatable bonds is 2. The van der Waals surface area contributed by atoms with Gasteiger partial charge < -0.3 is 10.8 Å². The second-order valence-electron chi connectivity index (χ2n) is 3.74. The van der Waals surface area contributed by atoms with Crippen molar-refractivity contribution in [3.05, 3.63) is 0 Å². The second-order valence-corrected chi connectivity index (χ2v) is 3.74. The predicted octanol–water partition coefficient (Wildman–Crippen LogP) is 1.22. The van der Waals surface area contributed by atoms with Crippen molar-refractivity contribution in [2.45, 2.75) is 38.6 Å². The Morgan fingerprint density at radius 3 is 2.58 bits per heavy atom. The Morgan fingerprint density at radius 2 is 2.08 bits per heavy atom. The lowest BCUT2D eigenvalue weighted by atomic mass is 9.77. The van der Waals surface area contributed by atoms with E-state index in [1.807, 2.05) is 0 Å². The SMILES string of the molecule is CC(C(=O)O)[C@H]1CCCC[C@@H]1N. The van der Waals surface area contributed by atoms with Crippen LogP contribution in [0.2, 0.25) is 0 Å². The molecule has 1 aliphatic rings. The summed E-state index contributed by atoms with van der Waals surface area (Å²) in [4.78, 5) is 10.7. The molecule has 1 saturated carbocycles. The van der Waals surface area contributed by atoms with Crippen LogP contribution in [0.1, 0.15) is 32.6 Å².